The van der Waals surface area contributed by atoms with E-state index in [0.717, 1.165) is 23.1 Å². The van der Waals surface area contributed by atoms with E-state index >= 15 is 0 Å². The third-order valence-corrected chi connectivity index (χ3v) is 2.78. The van der Waals surface area contributed by atoms with E-state index in [0.29, 0.717) is 12.1 Å². The lowest BCUT2D eigenvalue weighted by Gasteiger charge is -2.24. The molecule has 0 aliphatic carbocycles. The van der Waals surface area contributed by atoms with Gasteiger partial charge in [-0.2, -0.15) is 5.26 Å². The van der Waals surface area contributed by atoms with Crippen molar-refractivity contribution >= 4 is 21.6 Å². The van der Waals surface area contributed by atoms with Gasteiger partial charge in [-0.15, -0.1) is 0 Å². The summed E-state index contributed by atoms with van der Waals surface area (Å²) in [5, 5.41) is 18.1. The van der Waals surface area contributed by atoms with E-state index in [1.807, 2.05) is 17.0 Å². The highest BCUT2D eigenvalue weighted by atomic mass is 79.9. The molecule has 0 bridgehead atoms. The Morgan fingerprint density at radius 2 is 2.19 bits per heavy atom. The van der Waals surface area contributed by atoms with E-state index in [1.54, 1.807) is 6.07 Å². The number of nitriles is 1. The number of halogens is 1. The molecule has 0 spiro atoms. The monoisotopic (exact) mass is 282 g/mol. The summed E-state index contributed by atoms with van der Waals surface area (Å²) in [6.45, 7) is 3.58. The van der Waals surface area contributed by atoms with Gasteiger partial charge in [-0.1, -0.05) is 22.9 Å². The van der Waals surface area contributed by atoms with Crippen molar-refractivity contribution < 1.29 is 5.11 Å². The number of hydrogen-bond acceptors (Lipinski definition) is 3. The number of nitrogens with zero attached hydrogens (tertiary/aromatic N) is 2. The third-order valence-electron chi connectivity index (χ3n) is 2.28. The fraction of sp³-hybridized carbons (Fsp3) is 0.417. The molecule has 0 heterocycles. The smallest absolute Gasteiger partial charge is 0.101 e. The molecule has 0 amide bonds. The summed E-state index contributed by atoms with van der Waals surface area (Å²) in [4.78, 5) is 2.03. The summed E-state index contributed by atoms with van der Waals surface area (Å²) in [7, 11) is 0. The zero-order chi connectivity index (χ0) is 12.0. The van der Waals surface area contributed by atoms with Crippen molar-refractivity contribution in [2.75, 3.05) is 24.6 Å². The number of hydrogen-bond donors (Lipinski definition) is 1. The van der Waals surface area contributed by atoms with Crippen LogP contribution in [-0.4, -0.2) is 24.8 Å². The van der Waals surface area contributed by atoms with Gasteiger partial charge in [-0.05, 0) is 24.6 Å². The van der Waals surface area contributed by atoms with Crippen LogP contribution >= 0.6 is 15.9 Å². The average Bonchev–Trinajstić information content (AvgIpc) is 2.28. The standard InChI is InChI=1S/C12H15BrN2O/c1-2-5-15(6-7-16)12-4-3-11(13)8-10(12)9-14/h3-4,8,16H,2,5-7H2,1H3. The van der Waals surface area contributed by atoms with Crippen LogP contribution in [0.2, 0.25) is 0 Å². The van der Waals surface area contributed by atoms with Crippen LogP contribution in [0.5, 0.6) is 0 Å². The average molecular weight is 283 g/mol. The molecule has 86 valence electrons. The summed E-state index contributed by atoms with van der Waals surface area (Å²) in [6.07, 6.45) is 0.987. The van der Waals surface area contributed by atoms with Gasteiger partial charge in [0.2, 0.25) is 0 Å². The first-order valence-electron chi connectivity index (χ1n) is 5.28. The van der Waals surface area contributed by atoms with Crippen molar-refractivity contribution in [2.45, 2.75) is 13.3 Å². The Kier molecular flexibility index (Phi) is 5.30. The molecule has 1 aromatic rings. The van der Waals surface area contributed by atoms with E-state index in [1.165, 1.54) is 0 Å². The molecule has 0 radical (unpaired) electrons. The number of anilines is 1. The predicted octanol–water partition coefficient (Wildman–Crippen LogP) is 2.53. The first kappa shape index (κ1) is 13.0. The van der Waals surface area contributed by atoms with Crippen LogP contribution in [0.4, 0.5) is 5.69 Å². The number of rotatable bonds is 5. The molecule has 16 heavy (non-hydrogen) atoms. The first-order chi connectivity index (χ1) is 7.72. The van der Waals surface area contributed by atoms with Gasteiger partial charge < -0.3 is 10.0 Å². The van der Waals surface area contributed by atoms with Crippen molar-refractivity contribution in [3.8, 4) is 6.07 Å². The second-order valence-corrected chi connectivity index (χ2v) is 4.40. The molecule has 1 rings (SSSR count). The minimum atomic E-state index is 0.0981. The molecule has 1 N–H and O–H groups in total. The largest absolute Gasteiger partial charge is 0.395 e. The van der Waals surface area contributed by atoms with Gasteiger partial charge in [-0.3, -0.25) is 0 Å². The number of aliphatic hydroxyl groups excluding tert-OH is 1. The molecule has 0 unspecified atom stereocenters. The lowest BCUT2D eigenvalue weighted by atomic mass is 10.1. The highest BCUT2D eigenvalue weighted by molar-refractivity contribution is 9.10. The molecule has 0 atom stereocenters. The highest BCUT2D eigenvalue weighted by Crippen LogP contribution is 2.24. The highest BCUT2D eigenvalue weighted by Gasteiger charge is 2.10. The zero-order valence-corrected chi connectivity index (χ0v) is 10.9. The predicted molar refractivity (Wildman–Crippen MR) is 68.4 cm³/mol. The van der Waals surface area contributed by atoms with E-state index in [2.05, 4.69) is 28.9 Å². The van der Waals surface area contributed by atoms with Crippen molar-refractivity contribution in [2.24, 2.45) is 0 Å². The van der Waals surface area contributed by atoms with Crippen LogP contribution in [0.3, 0.4) is 0 Å². The molecule has 0 saturated carbocycles. The molecule has 1 aromatic carbocycles. The Labute approximate surface area is 104 Å². The summed E-state index contributed by atoms with van der Waals surface area (Å²) >= 11 is 3.35. The van der Waals surface area contributed by atoms with Crippen LogP contribution in [0.15, 0.2) is 22.7 Å². The van der Waals surface area contributed by atoms with Gasteiger partial charge in [0.25, 0.3) is 0 Å². The topological polar surface area (TPSA) is 47.3 Å². The second-order valence-electron chi connectivity index (χ2n) is 3.48. The summed E-state index contributed by atoms with van der Waals surface area (Å²) in [5.41, 5.74) is 1.53. The van der Waals surface area contributed by atoms with Crippen molar-refractivity contribution in [3.05, 3.63) is 28.2 Å². The minimum absolute atomic E-state index is 0.0981. The van der Waals surface area contributed by atoms with E-state index in [-0.39, 0.29) is 6.61 Å². The number of aliphatic hydroxyl groups is 1. The molecule has 0 aromatic heterocycles. The molecule has 0 aliphatic heterocycles. The Bertz CT molecular complexity index is 381. The van der Waals surface area contributed by atoms with Gasteiger partial charge >= 0.3 is 0 Å². The Hall–Kier alpha value is -1.05. The van der Waals surface area contributed by atoms with Crippen LogP contribution < -0.4 is 4.90 Å². The quantitative estimate of drug-likeness (QED) is 0.903. The lowest BCUT2D eigenvalue weighted by Crippen LogP contribution is -2.28. The van der Waals surface area contributed by atoms with Crippen LogP contribution in [0.25, 0.3) is 0 Å². The van der Waals surface area contributed by atoms with E-state index in [4.69, 9.17) is 10.4 Å². The molecular formula is C12H15BrN2O. The van der Waals surface area contributed by atoms with Gasteiger partial charge in [0, 0.05) is 17.6 Å². The van der Waals surface area contributed by atoms with Gasteiger partial charge in [-0.25, -0.2) is 0 Å². The SMILES string of the molecule is CCCN(CCO)c1ccc(Br)cc1C#N. The van der Waals surface area contributed by atoms with E-state index in [9.17, 15) is 0 Å². The molecule has 4 heteroatoms. The lowest BCUT2D eigenvalue weighted by molar-refractivity contribution is 0.302. The van der Waals surface area contributed by atoms with E-state index < -0.39 is 0 Å². The summed E-state index contributed by atoms with van der Waals surface area (Å²) in [5.74, 6) is 0. The molecular weight excluding hydrogens is 268 g/mol. The fourth-order valence-electron chi connectivity index (χ4n) is 1.62. The zero-order valence-electron chi connectivity index (χ0n) is 9.28. The molecule has 0 aliphatic rings. The maximum atomic E-state index is 9.07. The normalized spacial score (nSPS) is 9.88. The fourth-order valence-corrected chi connectivity index (χ4v) is 1.98. The molecule has 3 nitrogen and oxygen atoms in total. The van der Waals surface area contributed by atoms with Crippen LogP contribution in [0.1, 0.15) is 18.9 Å². The van der Waals surface area contributed by atoms with Crippen molar-refractivity contribution in [3.63, 3.8) is 0 Å². The van der Waals surface area contributed by atoms with Crippen LogP contribution in [0, 0.1) is 11.3 Å². The van der Waals surface area contributed by atoms with Crippen molar-refractivity contribution in [1.29, 1.82) is 5.26 Å². The third kappa shape index (κ3) is 3.22. The Balaban J connectivity index is 3.03. The van der Waals surface area contributed by atoms with Gasteiger partial charge in [0.05, 0.1) is 17.9 Å². The summed E-state index contributed by atoms with van der Waals surface area (Å²) < 4.78 is 0.897. The van der Waals surface area contributed by atoms with Gasteiger partial charge in [0.1, 0.15) is 6.07 Å². The second kappa shape index (κ2) is 6.51. The number of benzene rings is 1. The van der Waals surface area contributed by atoms with Crippen molar-refractivity contribution in [1.82, 2.24) is 0 Å². The first-order valence-corrected chi connectivity index (χ1v) is 6.07. The Morgan fingerprint density at radius 1 is 1.44 bits per heavy atom. The maximum absolute atomic E-state index is 9.07. The Morgan fingerprint density at radius 3 is 2.75 bits per heavy atom. The molecule has 0 fully saturated rings. The van der Waals surface area contributed by atoms with Gasteiger partial charge in [0.15, 0.2) is 0 Å². The summed E-state index contributed by atoms with van der Waals surface area (Å²) in [6, 6.07) is 7.80. The minimum Gasteiger partial charge on any atom is -0.395 e. The maximum Gasteiger partial charge on any atom is 0.101 e. The molecule has 0 saturated heterocycles. The van der Waals surface area contributed by atoms with Crippen LogP contribution in [-0.2, 0) is 0 Å².